The number of rotatable bonds is 14. The standard InChI is InChI=1S/C19H40/c1-5-9-11-14-18(8-4)16-17-19(13-7-3)15-12-10-6-2/h18-19H,5-17H2,1-4H3. The normalized spacial score (nSPS) is 14.5. The van der Waals surface area contributed by atoms with Gasteiger partial charge in [-0.15, -0.1) is 0 Å². The van der Waals surface area contributed by atoms with E-state index in [0.29, 0.717) is 0 Å². The largest absolute Gasteiger partial charge is 0.0654 e. The highest BCUT2D eigenvalue weighted by Gasteiger charge is 2.12. The summed E-state index contributed by atoms with van der Waals surface area (Å²) in [5.74, 6) is 2.04. The maximum atomic E-state index is 2.39. The summed E-state index contributed by atoms with van der Waals surface area (Å²) >= 11 is 0. The lowest BCUT2D eigenvalue weighted by Crippen LogP contribution is -2.06. The van der Waals surface area contributed by atoms with E-state index in [9.17, 15) is 0 Å². The molecule has 0 heteroatoms. The molecule has 2 atom stereocenters. The summed E-state index contributed by atoms with van der Waals surface area (Å²) in [5, 5.41) is 0. The lowest BCUT2D eigenvalue weighted by molar-refractivity contribution is 0.327. The molecule has 0 saturated carbocycles. The fraction of sp³-hybridized carbons (Fsp3) is 1.00. The first-order chi connectivity index (χ1) is 9.28. The molecule has 0 aromatic heterocycles. The molecule has 0 heterocycles. The molecule has 2 unspecified atom stereocenters. The van der Waals surface area contributed by atoms with Gasteiger partial charge in [0, 0.05) is 0 Å². The van der Waals surface area contributed by atoms with Gasteiger partial charge >= 0.3 is 0 Å². The topological polar surface area (TPSA) is 0 Å². The van der Waals surface area contributed by atoms with Gasteiger partial charge in [-0.3, -0.25) is 0 Å². The predicted molar refractivity (Wildman–Crippen MR) is 89.7 cm³/mol. The number of hydrogen-bond acceptors (Lipinski definition) is 0. The molecule has 0 saturated heterocycles. The third kappa shape index (κ3) is 11.5. The van der Waals surface area contributed by atoms with Crippen molar-refractivity contribution >= 4 is 0 Å². The predicted octanol–water partition coefficient (Wildman–Crippen LogP) is 7.37. The monoisotopic (exact) mass is 268 g/mol. The van der Waals surface area contributed by atoms with Crippen molar-refractivity contribution in [2.75, 3.05) is 0 Å². The van der Waals surface area contributed by atoms with Crippen LogP contribution < -0.4 is 0 Å². The van der Waals surface area contributed by atoms with Gasteiger partial charge in [-0.25, -0.2) is 0 Å². The summed E-state index contributed by atoms with van der Waals surface area (Å²) < 4.78 is 0. The molecule has 0 radical (unpaired) electrons. The zero-order valence-corrected chi connectivity index (χ0v) is 14.3. The Morgan fingerprint density at radius 3 is 1.47 bits per heavy atom. The van der Waals surface area contributed by atoms with E-state index in [-0.39, 0.29) is 0 Å². The summed E-state index contributed by atoms with van der Waals surface area (Å²) in [7, 11) is 0. The minimum atomic E-state index is 1.01. The Morgan fingerprint density at radius 1 is 0.474 bits per heavy atom. The minimum absolute atomic E-state index is 1.01. The zero-order valence-electron chi connectivity index (χ0n) is 14.3. The molecule has 0 N–H and O–H groups in total. The molecular weight excluding hydrogens is 228 g/mol. The van der Waals surface area contributed by atoms with E-state index < -0.39 is 0 Å². The summed E-state index contributed by atoms with van der Waals surface area (Å²) in [6.45, 7) is 9.37. The van der Waals surface area contributed by atoms with Crippen LogP contribution in [-0.4, -0.2) is 0 Å². The second-order valence-electron chi connectivity index (χ2n) is 6.50. The van der Waals surface area contributed by atoms with E-state index in [2.05, 4.69) is 27.7 Å². The molecule has 0 amide bonds. The maximum Gasteiger partial charge on any atom is -0.0414 e. The fourth-order valence-electron chi connectivity index (χ4n) is 3.23. The van der Waals surface area contributed by atoms with Crippen LogP contribution >= 0.6 is 0 Å². The van der Waals surface area contributed by atoms with Gasteiger partial charge in [-0.1, -0.05) is 111 Å². The maximum absolute atomic E-state index is 2.39. The Labute approximate surface area is 123 Å². The average molecular weight is 269 g/mol. The molecule has 19 heavy (non-hydrogen) atoms. The Balaban J connectivity index is 3.83. The second kappa shape index (κ2) is 14.4. The highest BCUT2D eigenvalue weighted by molar-refractivity contribution is 4.64. The number of hydrogen-bond donors (Lipinski definition) is 0. The first kappa shape index (κ1) is 19.0. The average Bonchev–Trinajstić information content (AvgIpc) is 2.42. The van der Waals surface area contributed by atoms with Gasteiger partial charge in [-0.2, -0.15) is 0 Å². The molecule has 0 nitrogen and oxygen atoms in total. The van der Waals surface area contributed by atoms with E-state index >= 15 is 0 Å². The summed E-state index contributed by atoms with van der Waals surface area (Å²) in [6.07, 6.45) is 18.8. The van der Waals surface area contributed by atoms with E-state index in [1.165, 1.54) is 83.5 Å². The van der Waals surface area contributed by atoms with Crippen LogP contribution in [0, 0.1) is 11.8 Å². The fourth-order valence-corrected chi connectivity index (χ4v) is 3.23. The van der Waals surface area contributed by atoms with Gasteiger partial charge in [0.25, 0.3) is 0 Å². The van der Waals surface area contributed by atoms with Crippen LogP contribution in [-0.2, 0) is 0 Å². The third-order valence-electron chi connectivity index (χ3n) is 4.69. The smallest absolute Gasteiger partial charge is 0.0414 e. The third-order valence-corrected chi connectivity index (χ3v) is 4.69. The van der Waals surface area contributed by atoms with Gasteiger partial charge in [0.2, 0.25) is 0 Å². The van der Waals surface area contributed by atoms with Crippen molar-refractivity contribution in [3.63, 3.8) is 0 Å². The number of unbranched alkanes of at least 4 members (excludes halogenated alkanes) is 4. The molecule has 116 valence electrons. The highest BCUT2D eigenvalue weighted by atomic mass is 14.2. The molecule has 0 aromatic rings. The molecule has 0 aromatic carbocycles. The van der Waals surface area contributed by atoms with Crippen molar-refractivity contribution in [1.82, 2.24) is 0 Å². The Bertz CT molecular complexity index is 161. The Hall–Kier alpha value is 0. The van der Waals surface area contributed by atoms with Crippen LogP contribution in [0.2, 0.25) is 0 Å². The molecule has 0 spiro atoms. The van der Waals surface area contributed by atoms with Crippen molar-refractivity contribution in [1.29, 1.82) is 0 Å². The van der Waals surface area contributed by atoms with Crippen LogP contribution in [0.1, 0.15) is 111 Å². The van der Waals surface area contributed by atoms with Gasteiger partial charge < -0.3 is 0 Å². The first-order valence-electron chi connectivity index (χ1n) is 9.28. The van der Waals surface area contributed by atoms with E-state index in [0.717, 1.165) is 11.8 Å². The summed E-state index contributed by atoms with van der Waals surface area (Å²) in [4.78, 5) is 0. The van der Waals surface area contributed by atoms with Crippen molar-refractivity contribution in [2.45, 2.75) is 111 Å². The van der Waals surface area contributed by atoms with Crippen LogP contribution in [0.15, 0.2) is 0 Å². The minimum Gasteiger partial charge on any atom is -0.0654 e. The van der Waals surface area contributed by atoms with Crippen LogP contribution in [0.25, 0.3) is 0 Å². The summed E-state index contributed by atoms with van der Waals surface area (Å²) in [5.41, 5.74) is 0. The SMILES string of the molecule is CCCCCC(CC)CCC(CCC)CCCCC. The molecule has 0 aliphatic rings. The van der Waals surface area contributed by atoms with E-state index in [4.69, 9.17) is 0 Å². The van der Waals surface area contributed by atoms with Gasteiger partial charge in [-0.05, 0) is 11.8 Å². The highest BCUT2D eigenvalue weighted by Crippen LogP contribution is 2.26. The van der Waals surface area contributed by atoms with Crippen LogP contribution in [0.5, 0.6) is 0 Å². The molecule has 0 fully saturated rings. The van der Waals surface area contributed by atoms with Crippen molar-refractivity contribution in [2.24, 2.45) is 11.8 Å². The quantitative estimate of drug-likeness (QED) is 0.288. The lowest BCUT2D eigenvalue weighted by Gasteiger charge is -2.20. The van der Waals surface area contributed by atoms with Gasteiger partial charge in [0.05, 0.1) is 0 Å². The molecule has 0 aliphatic carbocycles. The van der Waals surface area contributed by atoms with Crippen molar-refractivity contribution in [3.05, 3.63) is 0 Å². The van der Waals surface area contributed by atoms with Crippen molar-refractivity contribution in [3.8, 4) is 0 Å². The zero-order chi connectivity index (χ0) is 14.3. The molecule has 0 bridgehead atoms. The van der Waals surface area contributed by atoms with Crippen LogP contribution in [0.3, 0.4) is 0 Å². The van der Waals surface area contributed by atoms with E-state index in [1.54, 1.807) is 0 Å². The molecule has 0 rings (SSSR count). The summed E-state index contributed by atoms with van der Waals surface area (Å²) in [6, 6.07) is 0. The molecule has 0 aliphatic heterocycles. The Kier molecular flexibility index (Phi) is 14.4. The van der Waals surface area contributed by atoms with Gasteiger partial charge in [0.1, 0.15) is 0 Å². The van der Waals surface area contributed by atoms with E-state index in [1.807, 2.05) is 0 Å². The molecular formula is C19H40. The van der Waals surface area contributed by atoms with Crippen molar-refractivity contribution < 1.29 is 0 Å². The van der Waals surface area contributed by atoms with Gasteiger partial charge in [0.15, 0.2) is 0 Å². The lowest BCUT2D eigenvalue weighted by atomic mass is 9.86. The first-order valence-corrected chi connectivity index (χ1v) is 9.28. The van der Waals surface area contributed by atoms with Crippen LogP contribution in [0.4, 0.5) is 0 Å². The second-order valence-corrected chi connectivity index (χ2v) is 6.50. The Morgan fingerprint density at radius 2 is 1.00 bits per heavy atom.